The zero-order chi connectivity index (χ0) is 25.4. The predicted octanol–water partition coefficient (Wildman–Crippen LogP) is 4.31. The Morgan fingerprint density at radius 2 is 1.78 bits per heavy atom. The van der Waals surface area contributed by atoms with Gasteiger partial charge in [-0.2, -0.15) is 0 Å². The zero-order valence-corrected chi connectivity index (χ0v) is 21.9. The summed E-state index contributed by atoms with van der Waals surface area (Å²) in [6, 6.07) is 6.22. The molecule has 2 aliphatic rings. The van der Waals surface area contributed by atoms with Crippen molar-refractivity contribution < 1.29 is 14.6 Å². The lowest BCUT2D eigenvalue weighted by molar-refractivity contribution is -0.00224. The Morgan fingerprint density at radius 1 is 1.11 bits per heavy atom. The van der Waals surface area contributed by atoms with Crippen molar-refractivity contribution in [1.82, 2.24) is 24.3 Å². The number of halogens is 1. The van der Waals surface area contributed by atoms with Crippen LogP contribution >= 0.6 is 11.6 Å². The van der Waals surface area contributed by atoms with Crippen LogP contribution in [0.3, 0.4) is 0 Å². The molecule has 0 aliphatic carbocycles. The fourth-order valence-electron chi connectivity index (χ4n) is 5.19. The fourth-order valence-corrected chi connectivity index (χ4v) is 5.39. The second-order valence-electron chi connectivity index (χ2n) is 10.5. The van der Waals surface area contributed by atoms with Crippen molar-refractivity contribution in [3.63, 3.8) is 0 Å². The molecule has 0 unspecified atom stereocenters. The molecule has 2 aliphatic heterocycles. The van der Waals surface area contributed by atoms with Crippen LogP contribution < -0.4 is 4.74 Å². The summed E-state index contributed by atoms with van der Waals surface area (Å²) in [4.78, 5) is 26.3. The molecule has 2 saturated heterocycles. The molecule has 192 valence electrons. The van der Waals surface area contributed by atoms with Gasteiger partial charge in [-0.15, -0.1) is 0 Å². The molecule has 9 heteroatoms. The molecule has 8 nitrogen and oxygen atoms in total. The van der Waals surface area contributed by atoms with E-state index >= 15 is 0 Å². The van der Waals surface area contributed by atoms with Crippen molar-refractivity contribution in [2.24, 2.45) is 0 Å². The maximum absolute atomic E-state index is 13.7. The number of fused-ring (bicyclic) bond motifs is 1. The number of hydrogen-bond acceptors (Lipinski definition) is 6. The van der Waals surface area contributed by atoms with E-state index in [1.165, 1.54) is 6.33 Å². The topological polar surface area (TPSA) is 83.7 Å². The van der Waals surface area contributed by atoms with Gasteiger partial charge in [0.1, 0.15) is 23.9 Å². The van der Waals surface area contributed by atoms with E-state index in [1.54, 1.807) is 17.3 Å². The molecule has 4 heterocycles. The first-order valence-electron chi connectivity index (χ1n) is 12.7. The summed E-state index contributed by atoms with van der Waals surface area (Å²) < 4.78 is 8.22. The van der Waals surface area contributed by atoms with Gasteiger partial charge in [-0.25, -0.2) is 9.97 Å². The number of amides is 1. The van der Waals surface area contributed by atoms with E-state index in [0.29, 0.717) is 54.1 Å². The molecule has 1 N–H and O–H groups in total. The molecule has 1 amide bonds. The minimum absolute atomic E-state index is 0.0924. The third-order valence-electron chi connectivity index (χ3n) is 7.51. The number of aliphatic hydroxyl groups is 1. The molecule has 0 saturated carbocycles. The molecule has 0 spiro atoms. The lowest BCUT2D eigenvalue weighted by atomic mass is 9.94. The monoisotopic (exact) mass is 511 g/mol. The Balaban J connectivity index is 1.47. The summed E-state index contributed by atoms with van der Waals surface area (Å²) in [5.41, 5.74) is 1.26. The lowest BCUT2D eigenvalue weighted by Gasteiger charge is -2.35. The molecule has 0 atom stereocenters. The van der Waals surface area contributed by atoms with Crippen LogP contribution in [0.1, 0.15) is 56.9 Å². The van der Waals surface area contributed by atoms with Crippen LogP contribution in [0.15, 0.2) is 36.9 Å². The molecular weight excluding hydrogens is 478 g/mol. The minimum Gasteiger partial charge on any atom is -0.489 e. The summed E-state index contributed by atoms with van der Waals surface area (Å²) in [6.07, 6.45) is 7.96. The van der Waals surface area contributed by atoms with Crippen molar-refractivity contribution in [2.45, 2.75) is 64.2 Å². The third-order valence-corrected chi connectivity index (χ3v) is 7.80. The fraction of sp³-hybridized carbons (Fsp3) is 0.519. The summed E-state index contributed by atoms with van der Waals surface area (Å²) in [5.74, 6) is 0.548. The third kappa shape index (κ3) is 5.08. The van der Waals surface area contributed by atoms with Crippen molar-refractivity contribution >= 4 is 28.4 Å². The highest BCUT2D eigenvalue weighted by Gasteiger charge is 2.32. The van der Waals surface area contributed by atoms with E-state index in [1.807, 2.05) is 29.7 Å². The molecule has 0 bridgehead atoms. The standard InChI is InChI=1S/C27H34ClN5O3/c1-18(2)31-8-4-21(5-9-31)36-25-13-19-12-24(26(34)32-10-6-27(3,35)7-11-32)33(23(19)14-22(25)28)20-15-29-17-30-16-20/h12-18,21,35H,4-11H2,1-3H3. The van der Waals surface area contributed by atoms with Gasteiger partial charge in [-0.3, -0.25) is 4.79 Å². The first-order chi connectivity index (χ1) is 17.2. The Bertz CT molecular complexity index is 1230. The van der Waals surface area contributed by atoms with Gasteiger partial charge in [0.05, 0.1) is 34.2 Å². The largest absolute Gasteiger partial charge is 0.489 e. The van der Waals surface area contributed by atoms with E-state index in [4.69, 9.17) is 16.3 Å². The van der Waals surface area contributed by atoms with Crippen molar-refractivity contribution in [1.29, 1.82) is 0 Å². The second-order valence-corrected chi connectivity index (χ2v) is 10.9. The van der Waals surface area contributed by atoms with E-state index in [2.05, 4.69) is 28.7 Å². The summed E-state index contributed by atoms with van der Waals surface area (Å²) in [6.45, 7) is 9.29. The van der Waals surface area contributed by atoms with Crippen LogP contribution in [0.2, 0.25) is 5.02 Å². The number of piperidine rings is 2. The number of rotatable bonds is 5. The van der Waals surface area contributed by atoms with Crippen molar-refractivity contribution in [3.05, 3.63) is 47.6 Å². The second kappa shape index (κ2) is 10.00. The van der Waals surface area contributed by atoms with E-state index < -0.39 is 5.60 Å². The average molecular weight is 512 g/mol. The van der Waals surface area contributed by atoms with Gasteiger partial charge in [0.25, 0.3) is 5.91 Å². The average Bonchev–Trinajstić information content (AvgIpc) is 3.22. The first-order valence-corrected chi connectivity index (χ1v) is 13.1. The van der Waals surface area contributed by atoms with E-state index in [0.717, 1.165) is 36.8 Å². The number of ether oxygens (including phenoxy) is 1. The maximum Gasteiger partial charge on any atom is 0.270 e. The molecule has 1 aromatic carbocycles. The molecule has 5 rings (SSSR count). The van der Waals surface area contributed by atoms with Crippen LogP contribution in [0.5, 0.6) is 5.75 Å². The number of aromatic nitrogens is 3. The summed E-state index contributed by atoms with van der Waals surface area (Å²) in [7, 11) is 0. The SMILES string of the molecule is CC(C)N1CCC(Oc2cc3cc(C(=O)N4CCC(C)(O)CC4)n(-c4cncnc4)c3cc2Cl)CC1. The van der Waals surface area contributed by atoms with Crippen LogP contribution in [0.25, 0.3) is 16.6 Å². The van der Waals surface area contributed by atoms with E-state index in [-0.39, 0.29) is 12.0 Å². The quantitative estimate of drug-likeness (QED) is 0.549. The predicted molar refractivity (Wildman–Crippen MR) is 140 cm³/mol. The van der Waals surface area contributed by atoms with Gasteiger partial charge < -0.3 is 24.2 Å². The number of carbonyl (C=O) groups is 1. The van der Waals surface area contributed by atoms with Crippen molar-refractivity contribution in [2.75, 3.05) is 26.2 Å². The van der Waals surface area contributed by atoms with Crippen molar-refractivity contribution in [3.8, 4) is 11.4 Å². The van der Waals surface area contributed by atoms with E-state index in [9.17, 15) is 9.90 Å². The highest BCUT2D eigenvalue weighted by molar-refractivity contribution is 6.33. The van der Waals surface area contributed by atoms with Gasteiger partial charge in [-0.05, 0) is 64.7 Å². The molecule has 0 radical (unpaired) electrons. The summed E-state index contributed by atoms with van der Waals surface area (Å²) >= 11 is 6.73. The Kier molecular flexibility index (Phi) is 6.94. The van der Waals surface area contributed by atoms with Gasteiger partial charge in [0.15, 0.2) is 0 Å². The molecular formula is C27H34ClN5O3. The summed E-state index contributed by atoms with van der Waals surface area (Å²) in [5, 5.41) is 11.7. The van der Waals surface area contributed by atoms with Crippen LogP contribution in [0.4, 0.5) is 0 Å². The zero-order valence-electron chi connectivity index (χ0n) is 21.2. The normalized spacial score (nSPS) is 19.2. The van der Waals surface area contributed by atoms with Gasteiger partial charge >= 0.3 is 0 Å². The molecule has 3 aromatic rings. The number of likely N-dealkylation sites (tertiary alicyclic amines) is 2. The first kappa shape index (κ1) is 25.0. The van der Waals surface area contributed by atoms with Gasteiger partial charge in [0, 0.05) is 37.6 Å². The van der Waals surface area contributed by atoms with Gasteiger partial charge in [0.2, 0.25) is 0 Å². The Morgan fingerprint density at radius 3 is 2.42 bits per heavy atom. The van der Waals surface area contributed by atoms with Crippen LogP contribution in [-0.2, 0) is 0 Å². The highest BCUT2D eigenvalue weighted by Crippen LogP contribution is 2.36. The Hall–Kier alpha value is -2.68. The highest BCUT2D eigenvalue weighted by atomic mass is 35.5. The number of nitrogens with zero attached hydrogens (tertiary/aromatic N) is 5. The Labute approximate surface area is 216 Å². The molecule has 2 fully saturated rings. The van der Waals surface area contributed by atoms with Crippen LogP contribution in [-0.4, -0.2) is 79.3 Å². The molecule has 36 heavy (non-hydrogen) atoms. The molecule has 2 aromatic heterocycles. The van der Waals surface area contributed by atoms with Gasteiger partial charge in [-0.1, -0.05) is 11.6 Å². The van der Waals surface area contributed by atoms with Crippen LogP contribution in [0, 0.1) is 0 Å². The minimum atomic E-state index is -0.734. The smallest absolute Gasteiger partial charge is 0.270 e. The number of benzene rings is 1. The number of carbonyl (C=O) groups excluding carboxylic acids is 1. The lowest BCUT2D eigenvalue weighted by Crippen LogP contribution is -2.45. The number of hydrogen-bond donors (Lipinski definition) is 1. The maximum atomic E-state index is 13.7.